The molecule has 3 aromatic rings. The second-order valence-electron chi connectivity index (χ2n) is 5.81. The summed E-state index contributed by atoms with van der Waals surface area (Å²) in [6.07, 6.45) is 2.65. The van der Waals surface area contributed by atoms with Gasteiger partial charge in [0, 0.05) is 23.5 Å². The summed E-state index contributed by atoms with van der Waals surface area (Å²) in [5, 5.41) is 3.29. The Morgan fingerprint density at radius 3 is 2.59 bits per heavy atom. The van der Waals surface area contributed by atoms with Crippen molar-refractivity contribution >= 4 is 38.3 Å². The van der Waals surface area contributed by atoms with Gasteiger partial charge in [-0.15, -0.1) is 0 Å². The summed E-state index contributed by atoms with van der Waals surface area (Å²) in [5.41, 5.74) is 1.05. The van der Waals surface area contributed by atoms with Gasteiger partial charge in [0.1, 0.15) is 0 Å². The number of sulfone groups is 1. The van der Waals surface area contributed by atoms with Crippen molar-refractivity contribution in [1.82, 2.24) is 4.98 Å². The molecule has 0 spiro atoms. The summed E-state index contributed by atoms with van der Waals surface area (Å²) < 4.78 is 28.2. The molecule has 0 aliphatic heterocycles. The molecule has 27 heavy (non-hydrogen) atoms. The minimum atomic E-state index is -3.39. The molecule has 3 rings (SSSR count). The standard InChI is InChI=1S/C19H16N2O5S/c1-27(24,25)15-8-3-7-14(11-15)21-17(22)12-26-19(23)16-9-2-5-13-6-4-10-20-18(13)16/h2-11H,12H2,1H3,(H,21,22). The Labute approximate surface area is 155 Å². The van der Waals surface area contributed by atoms with E-state index in [2.05, 4.69) is 10.3 Å². The zero-order chi connectivity index (χ0) is 19.4. The summed E-state index contributed by atoms with van der Waals surface area (Å²) in [6.45, 7) is -0.509. The van der Waals surface area contributed by atoms with Crippen molar-refractivity contribution in [1.29, 1.82) is 0 Å². The second kappa shape index (κ2) is 7.55. The zero-order valence-corrected chi connectivity index (χ0v) is 15.2. The maximum atomic E-state index is 12.3. The van der Waals surface area contributed by atoms with Crippen LogP contribution < -0.4 is 5.32 Å². The number of fused-ring (bicyclic) bond motifs is 1. The maximum absolute atomic E-state index is 12.3. The highest BCUT2D eigenvalue weighted by atomic mass is 32.2. The summed E-state index contributed by atoms with van der Waals surface area (Å²) >= 11 is 0. The first-order valence-electron chi connectivity index (χ1n) is 7.95. The third-order valence-corrected chi connectivity index (χ3v) is 4.84. The highest BCUT2D eigenvalue weighted by Gasteiger charge is 2.15. The molecular weight excluding hydrogens is 368 g/mol. The van der Waals surface area contributed by atoms with Gasteiger partial charge in [-0.1, -0.05) is 24.3 Å². The summed E-state index contributed by atoms with van der Waals surface area (Å²) in [7, 11) is -3.39. The molecule has 0 atom stereocenters. The Morgan fingerprint density at radius 1 is 1.07 bits per heavy atom. The fraction of sp³-hybridized carbons (Fsp3) is 0.105. The van der Waals surface area contributed by atoms with Crippen LogP contribution >= 0.6 is 0 Å². The number of nitrogens with zero attached hydrogens (tertiary/aromatic N) is 1. The molecule has 0 saturated heterocycles. The third-order valence-electron chi connectivity index (χ3n) is 3.73. The topological polar surface area (TPSA) is 102 Å². The van der Waals surface area contributed by atoms with E-state index >= 15 is 0 Å². The Morgan fingerprint density at radius 2 is 1.81 bits per heavy atom. The molecule has 0 aliphatic rings. The van der Waals surface area contributed by atoms with Gasteiger partial charge in [0.2, 0.25) is 0 Å². The van der Waals surface area contributed by atoms with Gasteiger partial charge in [0.25, 0.3) is 5.91 Å². The van der Waals surface area contributed by atoms with Crippen LogP contribution in [-0.2, 0) is 19.4 Å². The van der Waals surface area contributed by atoms with Crippen LogP contribution in [0.2, 0.25) is 0 Å². The van der Waals surface area contributed by atoms with Crippen LogP contribution in [0, 0.1) is 0 Å². The molecule has 1 N–H and O–H groups in total. The van der Waals surface area contributed by atoms with E-state index in [1.165, 1.54) is 18.2 Å². The summed E-state index contributed by atoms with van der Waals surface area (Å²) in [6, 6.07) is 14.5. The Hall–Kier alpha value is -3.26. The molecule has 0 fully saturated rings. The first-order chi connectivity index (χ1) is 12.8. The highest BCUT2D eigenvalue weighted by molar-refractivity contribution is 7.90. The second-order valence-corrected chi connectivity index (χ2v) is 7.82. The molecule has 138 valence electrons. The van der Waals surface area contributed by atoms with Crippen LogP contribution in [0.3, 0.4) is 0 Å². The number of hydrogen-bond acceptors (Lipinski definition) is 6. The van der Waals surface area contributed by atoms with Gasteiger partial charge >= 0.3 is 5.97 Å². The number of amides is 1. The van der Waals surface area contributed by atoms with Crippen LogP contribution in [0.1, 0.15) is 10.4 Å². The Kier molecular flexibility index (Phi) is 5.18. The lowest BCUT2D eigenvalue weighted by atomic mass is 10.1. The average Bonchev–Trinajstić information content (AvgIpc) is 2.65. The normalized spacial score (nSPS) is 11.1. The van der Waals surface area contributed by atoms with E-state index in [1.54, 1.807) is 30.5 Å². The van der Waals surface area contributed by atoms with Crippen molar-refractivity contribution in [2.75, 3.05) is 18.2 Å². The quantitative estimate of drug-likeness (QED) is 0.678. The molecule has 1 amide bonds. The Bertz CT molecular complexity index is 1120. The SMILES string of the molecule is CS(=O)(=O)c1cccc(NC(=O)COC(=O)c2cccc3cccnc23)c1. The molecular formula is C19H16N2O5S. The first-order valence-corrected chi connectivity index (χ1v) is 9.84. The van der Waals surface area contributed by atoms with E-state index in [1.807, 2.05) is 12.1 Å². The van der Waals surface area contributed by atoms with Gasteiger partial charge in [-0.05, 0) is 30.3 Å². The number of rotatable bonds is 5. The number of ether oxygens (including phenoxy) is 1. The molecule has 2 aromatic carbocycles. The predicted molar refractivity (Wildman–Crippen MR) is 100 cm³/mol. The Balaban J connectivity index is 1.66. The van der Waals surface area contributed by atoms with Crippen molar-refractivity contribution in [3.05, 3.63) is 66.4 Å². The van der Waals surface area contributed by atoms with E-state index in [0.717, 1.165) is 11.6 Å². The van der Waals surface area contributed by atoms with Crippen molar-refractivity contribution in [3.8, 4) is 0 Å². The molecule has 7 nitrogen and oxygen atoms in total. The van der Waals surface area contributed by atoms with Crippen LogP contribution in [0.4, 0.5) is 5.69 Å². The minimum absolute atomic E-state index is 0.0825. The van der Waals surface area contributed by atoms with Gasteiger partial charge < -0.3 is 10.1 Å². The molecule has 0 unspecified atom stereocenters. The third kappa shape index (κ3) is 4.48. The van der Waals surface area contributed by atoms with Crippen molar-refractivity contribution in [2.24, 2.45) is 0 Å². The summed E-state index contributed by atoms with van der Waals surface area (Å²) in [4.78, 5) is 28.6. The number of carbonyl (C=O) groups is 2. The fourth-order valence-electron chi connectivity index (χ4n) is 2.48. The van der Waals surface area contributed by atoms with Gasteiger partial charge in [-0.2, -0.15) is 0 Å². The maximum Gasteiger partial charge on any atom is 0.340 e. The van der Waals surface area contributed by atoms with E-state index in [0.29, 0.717) is 11.2 Å². The zero-order valence-electron chi connectivity index (χ0n) is 14.4. The number of aromatic nitrogens is 1. The molecule has 0 bridgehead atoms. The number of anilines is 1. The molecule has 0 aliphatic carbocycles. The fourth-order valence-corrected chi connectivity index (χ4v) is 3.15. The number of hydrogen-bond donors (Lipinski definition) is 1. The average molecular weight is 384 g/mol. The summed E-state index contributed by atoms with van der Waals surface area (Å²) in [5.74, 6) is -1.25. The van der Waals surface area contributed by atoms with Crippen LogP contribution in [0.5, 0.6) is 0 Å². The lowest BCUT2D eigenvalue weighted by Gasteiger charge is -2.08. The lowest BCUT2D eigenvalue weighted by molar-refractivity contribution is -0.119. The smallest absolute Gasteiger partial charge is 0.340 e. The predicted octanol–water partition coefficient (Wildman–Crippen LogP) is 2.43. The number of para-hydroxylation sites is 1. The van der Waals surface area contributed by atoms with Crippen LogP contribution in [-0.4, -0.2) is 38.1 Å². The van der Waals surface area contributed by atoms with Gasteiger partial charge in [-0.25, -0.2) is 13.2 Å². The van der Waals surface area contributed by atoms with E-state index < -0.39 is 28.3 Å². The minimum Gasteiger partial charge on any atom is -0.452 e. The van der Waals surface area contributed by atoms with E-state index in [4.69, 9.17) is 4.74 Å². The number of carbonyl (C=O) groups excluding carboxylic acids is 2. The first kappa shape index (κ1) is 18.5. The lowest BCUT2D eigenvalue weighted by Crippen LogP contribution is -2.21. The van der Waals surface area contributed by atoms with Crippen molar-refractivity contribution in [2.45, 2.75) is 4.90 Å². The monoisotopic (exact) mass is 384 g/mol. The van der Waals surface area contributed by atoms with E-state index in [-0.39, 0.29) is 10.5 Å². The van der Waals surface area contributed by atoms with Crippen molar-refractivity contribution < 1.29 is 22.7 Å². The molecule has 0 radical (unpaired) electrons. The van der Waals surface area contributed by atoms with Crippen LogP contribution in [0.25, 0.3) is 10.9 Å². The number of esters is 1. The number of benzene rings is 2. The van der Waals surface area contributed by atoms with Gasteiger partial charge in [0.05, 0.1) is 16.0 Å². The van der Waals surface area contributed by atoms with Gasteiger partial charge in [-0.3, -0.25) is 9.78 Å². The van der Waals surface area contributed by atoms with E-state index in [9.17, 15) is 18.0 Å². The number of pyridine rings is 1. The van der Waals surface area contributed by atoms with Crippen LogP contribution in [0.15, 0.2) is 65.7 Å². The largest absolute Gasteiger partial charge is 0.452 e. The highest BCUT2D eigenvalue weighted by Crippen LogP contribution is 2.17. The molecule has 1 aromatic heterocycles. The molecule has 0 saturated carbocycles. The molecule has 1 heterocycles. The molecule has 8 heteroatoms. The number of nitrogens with one attached hydrogen (secondary N) is 1. The van der Waals surface area contributed by atoms with Crippen molar-refractivity contribution in [3.63, 3.8) is 0 Å². The van der Waals surface area contributed by atoms with Gasteiger partial charge in [0.15, 0.2) is 16.4 Å².